The minimum absolute atomic E-state index is 0.0414. The Morgan fingerprint density at radius 3 is 2.60 bits per heavy atom. The number of aldehydes is 1. The van der Waals surface area contributed by atoms with Gasteiger partial charge in [-0.25, -0.2) is 0 Å². The highest BCUT2D eigenvalue weighted by Gasteiger charge is 2.45. The zero-order chi connectivity index (χ0) is 21.8. The Balaban J connectivity index is 1.73. The number of rotatable bonds is 5. The molecule has 0 aromatic heterocycles. The number of carbonyl (C=O) groups excluding carboxylic acids is 2. The first-order chi connectivity index (χ1) is 14.3. The maximum atomic E-state index is 12.1. The average Bonchev–Trinajstić information content (AvgIpc) is 3.01. The second-order valence-corrected chi connectivity index (χ2v) is 8.04. The van der Waals surface area contributed by atoms with E-state index in [9.17, 15) is 24.9 Å². The molecule has 0 aromatic carbocycles. The van der Waals surface area contributed by atoms with Crippen molar-refractivity contribution in [3.63, 3.8) is 0 Å². The van der Waals surface area contributed by atoms with Crippen LogP contribution in [0.25, 0.3) is 0 Å². The first-order valence-electron chi connectivity index (χ1n) is 10.2. The molecule has 168 valence electrons. The SMILES string of the molecule is COC1OC(OCC2=CC3OC(=O)C(C)C3CCC(C=O)=CCC2)C(O)C(O)C1O. The van der Waals surface area contributed by atoms with Crippen LogP contribution in [0.1, 0.15) is 32.6 Å². The van der Waals surface area contributed by atoms with Crippen molar-refractivity contribution in [1.29, 1.82) is 0 Å². The van der Waals surface area contributed by atoms with Gasteiger partial charge in [-0.1, -0.05) is 13.0 Å². The van der Waals surface area contributed by atoms with Gasteiger partial charge in [-0.2, -0.15) is 0 Å². The van der Waals surface area contributed by atoms with Crippen LogP contribution in [0.4, 0.5) is 0 Å². The van der Waals surface area contributed by atoms with Crippen molar-refractivity contribution >= 4 is 12.3 Å². The van der Waals surface area contributed by atoms with Crippen LogP contribution < -0.4 is 0 Å². The molecule has 9 nitrogen and oxygen atoms in total. The maximum Gasteiger partial charge on any atom is 0.309 e. The van der Waals surface area contributed by atoms with Crippen molar-refractivity contribution in [1.82, 2.24) is 0 Å². The summed E-state index contributed by atoms with van der Waals surface area (Å²) in [7, 11) is 1.31. The van der Waals surface area contributed by atoms with Crippen LogP contribution in [-0.2, 0) is 28.5 Å². The van der Waals surface area contributed by atoms with E-state index in [4.69, 9.17) is 18.9 Å². The lowest BCUT2D eigenvalue weighted by atomic mass is 9.84. The predicted molar refractivity (Wildman–Crippen MR) is 103 cm³/mol. The number of ether oxygens (including phenoxy) is 4. The fourth-order valence-corrected chi connectivity index (χ4v) is 4.12. The van der Waals surface area contributed by atoms with Gasteiger partial charge in [0.25, 0.3) is 0 Å². The number of carbonyl (C=O) groups is 2. The predicted octanol–water partition coefficient (Wildman–Crippen LogP) is 0.218. The quantitative estimate of drug-likeness (QED) is 0.321. The lowest BCUT2D eigenvalue weighted by molar-refractivity contribution is -0.343. The van der Waals surface area contributed by atoms with Gasteiger partial charge >= 0.3 is 5.97 Å². The van der Waals surface area contributed by atoms with E-state index in [1.807, 2.05) is 19.1 Å². The molecule has 8 unspecified atom stereocenters. The minimum Gasteiger partial charge on any atom is -0.458 e. The lowest BCUT2D eigenvalue weighted by Gasteiger charge is -2.39. The van der Waals surface area contributed by atoms with Gasteiger partial charge in [-0.15, -0.1) is 0 Å². The van der Waals surface area contributed by atoms with Crippen molar-refractivity contribution in [2.45, 2.75) is 69.6 Å². The molecule has 3 aliphatic rings. The zero-order valence-corrected chi connectivity index (χ0v) is 17.2. The molecule has 0 amide bonds. The third-order valence-corrected chi connectivity index (χ3v) is 6.07. The molecule has 0 saturated carbocycles. The van der Waals surface area contributed by atoms with Crippen molar-refractivity contribution in [3.05, 3.63) is 23.3 Å². The number of hydrogen-bond donors (Lipinski definition) is 3. The number of esters is 1. The Hall–Kier alpha value is -1.62. The van der Waals surface area contributed by atoms with Crippen molar-refractivity contribution < 1.29 is 43.9 Å². The third-order valence-electron chi connectivity index (χ3n) is 6.07. The zero-order valence-electron chi connectivity index (χ0n) is 17.2. The summed E-state index contributed by atoms with van der Waals surface area (Å²) in [5.41, 5.74) is 1.52. The summed E-state index contributed by atoms with van der Waals surface area (Å²) in [5, 5.41) is 30.0. The first kappa shape index (κ1) is 23.1. The van der Waals surface area contributed by atoms with Gasteiger partial charge in [-0.3, -0.25) is 9.59 Å². The number of hydrogen-bond acceptors (Lipinski definition) is 9. The van der Waals surface area contributed by atoms with Gasteiger partial charge in [0.05, 0.1) is 12.5 Å². The second kappa shape index (κ2) is 10.1. The standard InChI is InChI=1S/C21H30O9/c1-11-14-7-6-12(9-22)4-3-5-13(8-15(14)29-19(11)26)10-28-21-18(25)16(23)17(24)20(27-2)30-21/h4,8-9,11,14-18,20-21,23-25H,3,5-7,10H2,1-2H3. The Labute approximate surface area is 175 Å². The molecule has 0 spiro atoms. The minimum atomic E-state index is -1.48. The monoisotopic (exact) mass is 426 g/mol. The van der Waals surface area contributed by atoms with Gasteiger partial charge in [0.2, 0.25) is 0 Å². The summed E-state index contributed by atoms with van der Waals surface area (Å²) in [4.78, 5) is 23.4. The highest BCUT2D eigenvalue weighted by atomic mass is 16.8. The molecule has 2 aliphatic heterocycles. The Morgan fingerprint density at radius 2 is 1.90 bits per heavy atom. The van der Waals surface area contributed by atoms with Gasteiger partial charge in [0.15, 0.2) is 12.6 Å². The van der Waals surface area contributed by atoms with Gasteiger partial charge in [-0.05, 0) is 42.9 Å². The van der Waals surface area contributed by atoms with Gasteiger partial charge in [0.1, 0.15) is 30.7 Å². The van der Waals surface area contributed by atoms with E-state index < -0.39 is 37.0 Å². The largest absolute Gasteiger partial charge is 0.458 e. The average molecular weight is 426 g/mol. The fraction of sp³-hybridized carbons (Fsp3) is 0.714. The number of aliphatic hydroxyl groups is 3. The van der Waals surface area contributed by atoms with Crippen molar-refractivity contribution in [2.24, 2.45) is 11.8 Å². The topological polar surface area (TPSA) is 132 Å². The molecule has 2 heterocycles. The number of aliphatic hydroxyl groups excluding tert-OH is 3. The molecule has 3 rings (SSSR count). The number of fused-ring (bicyclic) bond motifs is 1. The highest BCUT2D eigenvalue weighted by molar-refractivity contribution is 5.75. The van der Waals surface area contributed by atoms with Crippen LogP contribution in [0.5, 0.6) is 0 Å². The smallest absolute Gasteiger partial charge is 0.309 e. The second-order valence-electron chi connectivity index (χ2n) is 8.04. The van der Waals surface area contributed by atoms with E-state index in [-0.39, 0.29) is 24.4 Å². The van der Waals surface area contributed by atoms with Crippen LogP contribution >= 0.6 is 0 Å². The maximum absolute atomic E-state index is 12.1. The molecule has 30 heavy (non-hydrogen) atoms. The molecule has 2 saturated heterocycles. The molecule has 0 radical (unpaired) electrons. The van der Waals surface area contributed by atoms with E-state index in [2.05, 4.69) is 0 Å². The summed E-state index contributed by atoms with van der Waals surface area (Å²) in [6, 6.07) is 0. The Morgan fingerprint density at radius 1 is 1.17 bits per heavy atom. The molecular formula is C21H30O9. The van der Waals surface area contributed by atoms with E-state index in [0.717, 1.165) is 11.9 Å². The lowest BCUT2D eigenvalue weighted by Crippen LogP contribution is -2.58. The van der Waals surface area contributed by atoms with Crippen molar-refractivity contribution in [2.75, 3.05) is 13.7 Å². The highest BCUT2D eigenvalue weighted by Crippen LogP contribution is 2.35. The fourth-order valence-electron chi connectivity index (χ4n) is 4.12. The summed E-state index contributed by atoms with van der Waals surface area (Å²) in [6.07, 6.45) is -0.0254. The molecule has 9 heteroatoms. The van der Waals surface area contributed by atoms with Gasteiger partial charge < -0.3 is 34.3 Å². The summed E-state index contributed by atoms with van der Waals surface area (Å²) in [5.74, 6) is -0.563. The molecule has 2 fully saturated rings. The normalized spacial score (nSPS) is 40.1. The first-order valence-corrected chi connectivity index (χ1v) is 10.2. The van der Waals surface area contributed by atoms with Crippen LogP contribution in [0.2, 0.25) is 0 Å². The van der Waals surface area contributed by atoms with E-state index >= 15 is 0 Å². The van der Waals surface area contributed by atoms with E-state index in [0.29, 0.717) is 31.3 Å². The molecule has 3 N–H and O–H groups in total. The van der Waals surface area contributed by atoms with Crippen LogP contribution in [0.3, 0.4) is 0 Å². The van der Waals surface area contributed by atoms with Crippen molar-refractivity contribution in [3.8, 4) is 0 Å². The van der Waals surface area contributed by atoms with E-state index in [1.54, 1.807) is 0 Å². The third kappa shape index (κ3) is 4.99. The molecule has 0 aromatic rings. The Bertz CT molecular complexity index is 686. The summed E-state index contributed by atoms with van der Waals surface area (Å²) in [6.45, 7) is 1.89. The van der Waals surface area contributed by atoms with E-state index in [1.165, 1.54) is 7.11 Å². The molecular weight excluding hydrogens is 396 g/mol. The van der Waals surface area contributed by atoms with Gasteiger partial charge in [0, 0.05) is 13.0 Å². The number of allylic oxidation sites excluding steroid dienone is 2. The van der Waals surface area contributed by atoms with Crippen LogP contribution in [0, 0.1) is 11.8 Å². The Kier molecular flexibility index (Phi) is 7.78. The molecule has 8 atom stereocenters. The van der Waals surface area contributed by atoms with Crippen LogP contribution in [-0.4, -0.2) is 78.3 Å². The molecule has 0 bridgehead atoms. The molecule has 1 aliphatic carbocycles. The van der Waals surface area contributed by atoms with Crippen LogP contribution in [0.15, 0.2) is 23.3 Å². The summed E-state index contributed by atoms with van der Waals surface area (Å²) < 4.78 is 21.6. The summed E-state index contributed by atoms with van der Waals surface area (Å²) >= 11 is 0. The number of methoxy groups -OCH3 is 1.